The minimum atomic E-state index is -4.10. The van der Waals surface area contributed by atoms with Crippen LogP contribution in [0.3, 0.4) is 0 Å². The Hall–Kier alpha value is -3.74. The van der Waals surface area contributed by atoms with Gasteiger partial charge in [0.15, 0.2) is 5.82 Å². The van der Waals surface area contributed by atoms with Crippen molar-refractivity contribution in [3.8, 4) is 17.2 Å². The summed E-state index contributed by atoms with van der Waals surface area (Å²) in [4.78, 5) is 8.42. The summed E-state index contributed by atoms with van der Waals surface area (Å²) >= 11 is 0. The fourth-order valence-corrected chi connectivity index (χ4v) is 4.58. The quantitative estimate of drug-likeness (QED) is 0.425. The van der Waals surface area contributed by atoms with Gasteiger partial charge in [0.05, 0.1) is 16.6 Å². The Kier molecular flexibility index (Phi) is 6.13. The van der Waals surface area contributed by atoms with E-state index in [0.717, 1.165) is 16.7 Å². The number of nitrogens with one attached hydrogen (secondary N) is 1. The van der Waals surface area contributed by atoms with Crippen molar-refractivity contribution in [2.75, 3.05) is 4.72 Å². The van der Waals surface area contributed by atoms with Gasteiger partial charge in [-0.25, -0.2) is 17.2 Å². The molecule has 178 valence electrons. The second-order valence-corrected chi connectivity index (χ2v) is 9.89. The van der Waals surface area contributed by atoms with Gasteiger partial charge < -0.3 is 0 Å². The highest BCUT2D eigenvalue weighted by Gasteiger charge is 2.32. The van der Waals surface area contributed by atoms with Gasteiger partial charge in [0.1, 0.15) is 23.0 Å². The Morgan fingerprint density at radius 1 is 1.03 bits per heavy atom. The van der Waals surface area contributed by atoms with Crippen LogP contribution in [0, 0.1) is 18.6 Å². The first-order valence-electron chi connectivity index (χ1n) is 10.3. The van der Waals surface area contributed by atoms with Crippen molar-refractivity contribution in [1.82, 2.24) is 34.5 Å². The number of para-hydroxylation sites is 1. The Labute approximate surface area is 194 Å². The predicted octanol–water partition coefficient (Wildman–Crippen LogP) is 2.98. The first-order chi connectivity index (χ1) is 16.1. The average Bonchev–Trinajstić information content (AvgIpc) is 3.39. The molecule has 13 heteroatoms. The maximum absolute atomic E-state index is 14.7. The van der Waals surface area contributed by atoms with E-state index in [-0.39, 0.29) is 17.5 Å². The molecule has 0 fully saturated rings. The average molecular weight is 489 g/mol. The highest BCUT2D eigenvalue weighted by Crippen LogP contribution is 2.30. The van der Waals surface area contributed by atoms with E-state index in [9.17, 15) is 17.2 Å². The SMILES string of the molecule is Cc1cnc([C@@H](C)[C@H](C)S(=O)(=O)Nc2nnc(-c3ccn(C)n3)n2-c2c(F)cccc2F)cn1. The maximum atomic E-state index is 14.7. The van der Waals surface area contributed by atoms with Gasteiger partial charge in [-0.1, -0.05) is 13.0 Å². The van der Waals surface area contributed by atoms with Crippen LogP contribution in [-0.2, 0) is 17.1 Å². The number of aromatic nitrogens is 7. The molecule has 0 saturated carbocycles. The lowest BCUT2D eigenvalue weighted by Crippen LogP contribution is -2.31. The molecule has 0 unspecified atom stereocenters. The molecular formula is C21H22F2N8O2S. The normalized spacial score (nSPS) is 13.6. The molecule has 0 aliphatic rings. The number of hydrogen-bond donors (Lipinski definition) is 1. The lowest BCUT2D eigenvalue weighted by Gasteiger charge is -2.21. The molecule has 0 bridgehead atoms. The fourth-order valence-electron chi connectivity index (χ4n) is 3.33. The van der Waals surface area contributed by atoms with Crippen LogP contribution in [0.15, 0.2) is 42.9 Å². The molecule has 1 aromatic carbocycles. The Morgan fingerprint density at radius 2 is 1.74 bits per heavy atom. The molecule has 4 aromatic rings. The van der Waals surface area contributed by atoms with E-state index in [1.165, 1.54) is 23.9 Å². The molecule has 4 rings (SSSR count). The van der Waals surface area contributed by atoms with Gasteiger partial charge in [0.2, 0.25) is 16.0 Å². The van der Waals surface area contributed by atoms with E-state index in [1.807, 2.05) is 0 Å². The van der Waals surface area contributed by atoms with E-state index in [1.54, 1.807) is 39.4 Å². The molecule has 34 heavy (non-hydrogen) atoms. The third-order valence-electron chi connectivity index (χ3n) is 5.46. The Morgan fingerprint density at radius 3 is 2.32 bits per heavy atom. The summed E-state index contributed by atoms with van der Waals surface area (Å²) in [6.45, 7) is 4.97. The van der Waals surface area contributed by atoms with Gasteiger partial charge in [0, 0.05) is 31.6 Å². The molecule has 2 atom stereocenters. The van der Waals surface area contributed by atoms with Crippen LogP contribution in [0.4, 0.5) is 14.7 Å². The lowest BCUT2D eigenvalue weighted by atomic mass is 10.1. The summed E-state index contributed by atoms with van der Waals surface area (Å²) in [6.07, 6.45) is 4.68. The third-order valence-corrected chi connectivity index (χ3v) is 7.32. The Balaban J connectivity index is 1.77. The third kappa shape index (κ3) is 4.38. The monoisotopic (exact) mass is 488 g/mol. The van der Waals surface area contributed by atoms with Gasteiger partial charge in [-0.05, 0) is 32.0 Å². The number of nitrogens with zero attached hydrogens (tertiary/aromatic N) is 7. The highest BCUT2D eigenvalue weighted by molar-refractivity contribution is 7.93. The maximum Gasteiger partial charge on any atom is 0.243 e. The van der Waals surface area contributed by atoms with Crippen LogP contribution in [0.2, 0.25) is 0 Å². The summed E-state index contributed by atoms with van der Waals surface area (Å²) in [5.74, 6) is -2.80. The van der Waals surface area contributed by atoms with Crippen molar-refractivity contribution in [3.05, 3.63) is 65.9 Å². The summed E-state index contributed by atoms with van der Waals surface area (Å²) < 4.78 is 60.7. The first-order valence-corrected chi connectivity index (χ1v) is 11.8. The summed E-state index contributed by atoms with van der Waals surface area (Å²) in [5.41, 5.74) is 0.904. The van der Waals surface area contributed by atoms with Crippen LogP contribution in [0.1, 0.15) is 31.2 Å². The molecule has 0 aliphatic carbocycles. The summed E-state index contributed by atoms with van der Waals surface area (Å²) in [7, 11) is -2.44. The largest absolute Gasteiger partial charge is 0.275 e. The number of rotatable bonds is 7. The van der Waals surface area contributed by atoms with Crippen molar-refractivity contribution in [2.45, 2.75) is 31.9 Å². The smallest absolute Gasteiger partial charge is 0.243 e. The number of sulfonamides is 1. The number of halogens is 2. The molecule has 10 nitrogen and oxygen atoms in total. The molecular weight excluding hydrogens is 466 g/mol. The van der Waals surface area contributed by atoms with E-state index < -0.39 is 38.5 Å². The summed E-state index contributed by atoms with van der Waals surface area (Å²) in [6, 6.07) is 4.88. The second-order valence-electron chi connectivity index (χ2n) is 7.85. The zero-order chi connectivity index (χ0) is 24.6. The van der Waals surface area contributed by atoms with Gasteiger partial charge in [-0.3, -0.25) is 23.9 Å². The van der Waals surface area contributed by atoms with Crippen molar-refractivity contribution >= 4 is 16.0 Å². The molecule has 0 saturated heterocycles. The molecule has 0 radical (unpaired) electrons. The number of anilines is 1. The molecule has 1 N–H and O–H groups in total. The van der Waals surface area contributed by atoms with Gasteiger partial charge in [-0.2, -0.15) is 5.10 Å². The van der Waals surface area contributed by atoms with Crippen LogP contribution < -0.4 is 4.72 Å². The summed E-state index contributed by atoms with van der Waals surface area (Å²) in [5, 5.41) is 11.1. The van der Waals surface area contributed by atoms with Gasteiger partial charge in [0.25, 0.3) is 0 Å². The van der Waals surface area contributed by atoms with E-state index in [0.29, 0.717) is 11.4 Å². The van der Waals surface area contributed by atoms with Crippen molar-refractivity contribution in [2.24, 2.45) is 7.05 Å². The molecule has 3 aromatic heterocycles. The van der Waals surface area contributed by atoms with E-state index >= 15 is 0 Å². The molecule has 0 amide bonds. The Bertz CT molecular complexity index is 1410. The van der Waals surface area contributed by atoms with Crippen LogP contribution in [0.25, 0.3) is 17.2 Å². The number of hydrogen-bond acceptors (Lipinski definition) is 7. The zero-order valence-corrected chi connectivity index (χ0v) is 19.6. The fraction of sp³-hybridized carbons (Fsp3) is 0.286. The standard InChI is InChI=1S/C21H22F2N8O2S/c1-12-10-25-18(11-24-12)13(2)14(3)34(32,33)29-21-27-26-20(17-8-9-30(4)28-17)31(21)19-15(22)6-5-7-16(19)23/h5-11,13-14H,1-4H3,(H,27,29)/t13-,14-/m0/s1. The van der Waals surface area contributed by atoms with Crippen molar-refractivity contribution in [1.29, 1.82) is 0 Å². The second kappa shape index (κ2) is 8.89. The van der Waals surface area contributed by atoms with Gasteiger partial charge >= 0.3 is 0 Å². The van der Waals surface area contributed by atoms with Crippen LogP contribution in [-0.4, -0.2) is 48.2 Å². The minimum absolute atomic E-state index is 0.0348. The topological polar surface area (TPSA) is 120 Å². The lowest BCUT2D eigenvalue weighted by molar-refractivity contribution is 0.566. The zero-order valence-electron chi connectivity index (χ0n) is 18.8. The van der Waals surface area contributed by atoms with Crippen molar-refractivity contribution in [3.63, 3.8) is 0 Å². The van der Waals surface area contributed by atoms with E-state index in [4.69, 9.17) is 0 Å². The van der Waals surface area contributed by atoms with Crippen LogP contribution in [0.5, 0.6) is 0 Å². The minimum Gasteiger partial charge on any atom is -0.275 e. The van der Waals surface area contributed by atoms with Gasteiger partial charge in [-0.15, -0.1) is 10.2 Å². The molecule has 3 heterocycles. The first kappa shape index (κ1) is 23.4. The number of benzene rings is 1. The van der Waals surface area contributed by atoms with Crippen molar-refractivity contribution < 1.29 is 17.2 Å². The van der Waals surface area contributed by atoms with Crippen LogP contribution >= 0.6 is 0 Å². The molecule has 0 spiro atoms. The van der Waals surface area contributed by atoms with E-state index in [2.05, 4.69) is 30.0 Å². The molecule has 0 aliphatic heterocycles. The number of aryl methyl sites for hydroxylation is 2. The highest BCUT2D eigenvalue weighted by atomic mass is 32.2. The predicted molar refractivity (Wildman–Crippen MR) is 121 cm³/mol.